The number of hydrogen-bond acceptors (Lipinski definition) is 4. The van der Waals surface area contributed by atoms with Crippen LogP contribution in [0, 0.1) is 0 Å². The summed E-state index contributed by atoms with van der Waals surface area (Å²) in [5, 5.41) is 4.42. The minimum atomic E-state index is 0.0276. The Morgan fingerprint density at radius 3 is 2.70 bits per heavy atom. The number of rotatable bonds is 3. The van der Waals surface area contributed by atoms with Crippen molar-refractivity contribution in [3.63, 3.8) is 0 Å². The monoisotopic (exact) mass is 319 g/mol. The molecule has 1 saturated heterocycles. The predicted molar refractivity (Wildman–Crippen MR) is 84.6 cm³/mol. The summed E-state index contributed by atoms with van der Waals surface area (Å²) in [6.07, 6.45) is 8.46. The van der Waals surface area contributed by atoms with E-state index in [-0.39, 0.29) is 5.91 Å². The van der Waals surface area contributed by atoms with Crippen LogP contribution in [0.5, 0.6) is 5.88 Å². The van der Waals surface area contributed by atoms with E-state index in [2.05, 4.69) is 5.10 Å². The van der Waals surface area contributed by atoms with Gasteiger partial charge in [0.25, 0.3) is 5.91 Å². The highest BCUT2D eigenvalue weighted by molar-refractivity contribution is 5.92. The summed E-state index contributed by atoms with van der Waals surface area (Å²) in [4.78, 5) is 14.6. The molecule has 2 aliphatic heterocycles. The van der Waals surface area contributed by atoms with E-state index in [9.17, 15) is 4.79 Å². The lowest BCUT2D eigenvalue weighted by Crippen LogP contribution is -2.33. The topological polar surface area (TPSA) is 56.6 Å². The first-order valence-corrected chi connectivity index (χ1v) is 8.95. The van der Waals surface area contributed by atoms with Gasteiger partial charge in [0.05, 0.1) is 18.8 Å². The first-order valence-electron chi connectivity index (χ1n) is 8.95. The molecule has 1 atom stereocenters. The van der Waals surface area contributed by atoms with E-state index in [1.54, 1.807) is 10.7 Å². The molecule has 6 nitrogen and oxygen atoms in total. The zero-order valence-electron chi connectivity index (χ0n) is 13.6. The molecule has 1 aromatic rings. The standard InChI is InChI=1S/C17H25N3O3/c21-17(15-12-16-20(18-15)9-3-11-22-16)19-8-2-6-14(7-10-19)23-13-4-1-5-13/h12-14H,1-11H2. The fraction of sp³-hybridized carbons (Fsp3) is 0.765. The van der Waals surface area contributed by atoms with Crippen LogP contribution < -0.4 is 4.74 Å². The van der Waals surface area contributed by atoms with E-state index < -0.39 is 0 Å². The second kappa shape index (κ2) is 6.51. The first kappa shape index (κ1) is 15.0. The number of likely N-dealkylation sites (tertiary alicyclic amines) is 1. The summed E-state index contributed by atoms with van der Waals surface area (Å²) in [5.74, 6) is 0.750. The number of ether oxygens (including phenoxy) is 2. The third-order valence-corrected chi connectivity index (χ3v) is 5.13. The number of amides is 1. The van der Waals surface area contributed by atoms with Crippen LogP contribution in [0.2, 0.25) is 0 Å². The van der Waals surface area contributed by atoms with Gasteiger partial charge in [-0.1, -0.05) is 0 Å². The van der Waals surface area contributed by atoms with Crippen molar-refractivity contribution in [2.45, 2.75) is 63.7 Å². The van der Waals surface area contributed by atoms with Gasteiger partial charge in [-0.2, -0.15) is 5.10 Å². The molecular weight excluding hydrogens is 294 g/mol. The molecule has 0 aromatic carbocycles. The van der Waals surface area contributed by atoms with Gasteiger partial charge >= 0.3 is 0 Å². The molecule has 3 aliphatic rings. The van der Waals surface area contributed by atoms with E-state index in [1.165, 1.54) is 19.3 Å². The van der Waals surface area contributed by atoms with Crippen LogP contribution >= 0.6 is 0 Å². The number of aromatic nitrogens is 2. The average molecular weight is 319 g/mol. The van der Waals surface area contributed by atoms with E-state index in [4.69, 9.17) is 9.47 Å². The van der Waals surface area contributed by atoms with Crippen LogP contribution in [-0.2, 0) is 11.3 Å². The van der Waals surface area contributed by atoms with Gasteiger partial charge in [0, 0.05) is 32.1 Å². The summed E-state index contributed by atoms with van der Waals surface area (Å²) in [5.41, 5.74) is 0.514. The molecular formula is C17H25N3O3. The lowest BCUT2D eigenvalue weighted by molar-refractivity contribution is -0.0557. The fourth-order valence-corrected chi connectivity index (χ4v) is 3.52. The quantitative estimate of drug-likeness (QED) is 0.857. The fourth-order valence-electron chi connectivity index (χ4n) is 3.52. The number of carbonyl (C=O) groups excluding carboxylic acids is 1. The second-order valence-electron chi connectivity index (χ2n) is 6.83. The predicted octanol–water partition coefficient (Wildman–Crippen LogP) is 2.23. The number of fused-ring (bicyclic) bond motifs is 1. The minimum absolute atomic E-state index is 0.0276. The van der Waals surface area contributed by atoms with Crippen molar-refractivity contribution in [1.82, 2.24) is 14.7 Å². The van der Waals surface area contributed by atoms with Gasteiger partial charge in [0.1, 0.15) is 0 Å². The third kappa shape index (κ3) is 3.22. The molecule has 0 spiro atoms. The Balaban J connectivity index is 1.37. The van der Waals surface area contributed by atoms with Crippen molar-refractivity contribution in [2.24, 2.45) is 0 Å². The lowest BCUT2D eigenvalue weighted by Gasteiger charge is -2.30. The molecule has 0 radical (unpaired) electrons. The van der Waals surface area contributed by atoms with E-state index >= 15 is 0 Å². The Morgan fingerprint density at radius 1 is 1.09 bits per heavy atom. The summed E-state index contributed by atoms with van der Waals surface area (Å²) < 4.78 is 13.5. The Hall–Kier alpha value is -1.56. The Morgan fingerprint density at radius 2 is 1.91 bits per heavy atom. The Kier molecular flexibility index (Phi) is 4.25. The zero-order valence-corrected chi connectivity index (χ0v) is 13.6. The molecule has 2 fully saturated rings. The highest BCUT2D eigenvalue weighted by atomic mass is 16.5. The minimum Gasteiger partial charge on any atom is -0.478 e. The molecule has 1 aliphatic carbocycles. The van der Waals surface area contributed by atoms with Gasteiger partial charge in [-0.3, -0.25) is 4.79 Å². The summed E-state index contributed by atoms with van der Waals surface area (Å²) >= 11 is 0. The van der Waals surface area contributed by atoms with Crippen LogP contribution in [0.3, 0.4) is 0 Å². The van der Waals surface area contributed by atoms with Crippen LogP contribution in [0.1, 0.15) is 55.4 Å². The molecule has 6 heteroatoms. The second-order valence-corrected chi connectivity index (χ2v) is 6.83. The first-order chi connectivity index (χ1) is 11.3. The molecule has 1 amide bonds. The van der Waals surface area contributed by atoms with Crippen molar-refractivity contribution in [1.29, 1.82) is 0 Å². The van der Waals surface area contributed by atoms with Gasteiger partial charge in [-0.25, -0.2) is 4.68 Å². The van der Waals surface area contributed by atoms with Gasteiger partial charge in [0.15, 0.2) is 5.69 Å². The number of nitrogens with zero attached hydrogens (tertiary/aromatic N) is 3. The highest BCUT2D eigenvalue weighted by Gasteiger charge is 2.28. The SMILES string of the molecule is O=C(c1cc2n(n1)CCCO2)N1CCCC(OC2CCC2)CC1. The third-order valence-electron chi connectivity index (χ3n) is 5.13. The van der Waals surface area contributed by atoms with E-state index in [0.29, 0.717) is 24.5 Å². The molecule has 1 saturated carbocycles. The van der Waals surface area contributed by atoms with Crippen molar-refractivity contribution in [3.05, 3.63) is 11.8 Å². The normalized spacial score (nSPS) is 25.2. The van der Waals surface area contributed by atoms with E-state index in [0.717, 1.165) is 51.2 Å². The van der Waals surface area contributed by atoms with Crippen molar-refractivity contribution in [3.8, 4) is 5.88 Å². The van der Waals surface area contributed by atoms with Crippen LogP contribution in [0.25, 0.3) is 0 Å². The van der Waals surface area contributed by atoms with Crippen molar-refractivity contribution >= 4 is 5.91 Å². The number of hydrogen-bond donors (Lipinski definition) is 0. The molecule has 126 valence electrons. The number of aryl methyl sites for hydroxylation is 1. The van der Waals surface area contributed by atoms with Crippen molar-refractivity contribution in [2.75, 3.05) is 19.7 Å². The van der Waals surface area contributed by atoms with Gasteiger partial charge in [-0.15, -0.1) is 0 Å². The smallest absolute Gasteiger partial charge is 0.274 e. The largest absolute Gasteiger partial charge is 0.478 e. The van der Waals surface area contributed by atoms with Crippen LogP contribution in [0.4, 0.5) is 0 Å². The Labute approximate surface area is 136 Å². The maximum absolute atomic E-state index is 12.7. The maximum Gasteiger partial charge on any atom is 0.274 e. The Bertz CT molecular complexity index is 544. The maximum atomic E-state index is 12.7. The molecule has 4 rings (SSSR count). The average Bonchev–Trinajstić information content (AvgIpc) is 2.82. The number of carbonyl (C=O) groups is 1. The molecule has 3 heterocycles. The molecule has 0 N–H and O–H groups in total. The van der Waals surface area contributed by atoms with Crippen LogP contribution in [-0.4, -0.2) is 52.5 Å². The summed E-state index contributed by atoms with van der Waals surface area (Å²) in [7, 11) is 0. The van der Waals surface area contributed by atoms with Gasteiger partial charge < -0.3 is 14.4 Å². The summed E-state index contributed by atoms with van der Waals surface area (Å²) in [6.45, 7) is 3.11. The zero-order chi connectivity index (χ0) is 15.6. The molecule has 1 aromatic heterocycles. The van der Waals surface area contributed by atoms with Crippen LogP contribution in [0.15, 0.2) is 6.07 Å². The molecule has 1 unspecified atom stereocenters. The molecule has 0 bridgehead atoms. The molecule has 23 heavy (non-hydrogen) atoms. The van der Waals surface area contributed by atoms with E-state index in [1.807, 2.05) is 4.90 Å². The van der Waals surface area contributed by atoms with Gasteiger partial charge in [-0.05, 0) is 38.5 Å². The highest BCUT2D eigenvalue weighted by Crippen LogP contribution is 2.27. The van der Waals surface area contributed by atoms with Crippen molar-refractivity contribution < 1.29 is 14.3 Å². The van der Waals surface area contributed by atoms with Gasteiger partial charge in [0.2, 0.25) is 5.88 Å². The summed E-state index contributed by atoms with van der Waals surface area (Å²) in [6, 6.07) is 1.79. The lowest BCUT2D eigenvalue weighted by atomic mass is 9.95.